The van der Waals surface area contributed by atoms with Gasteiger partial charge < -0.3 is 5.32 Å². The monoisotopic (exact) mass is 300 g/mol. The van der Waals surface area contributed by atoms with Gasteiger partial charge in [-0.05, 0) is 12.0 Å². The number of rotatable bonds is 4. The summed E-state index contributed by atoms with van der Waals surface area (Å²) in [5, 5.41) is 13.2. The third-order valence-electron chi connectivity index (χ3n) is 2.16. The molecule has 0 heterocycles. The zero-order chi connectivity index (χ0) is 13.0. The Morgan fingerprint density at radius 3 is 2.65 bits per heavy atom. The zero-order valence-corrected chi connectivity index (χ0v) is 11.1. The van der Waals surface area contributed by atoms with E-state index in [9.17, 15) is 14.9 Å². The minimum atomic E-state index is -0.496. The number of non-ortho nitro benzene ring substituents is 1. The molecule has 5 nitrogen and oxygen atoms in total. The van der Waals surface area contributed by atoms with Gasteiger partial charge in [0.2, 0.25) is 5.91 Å². The van der Waals surface area contributed by atoms with Gasteiger partial charge in [0.15, 0.2) is 0 Å². The van der Waals surface area contributed by atoms with E-state index in [2.05, 4.69) is 21.2 Å². The third-order valence-corrected chi connectivity index (χ3v) is 3.63. The molecule has 0 aliphatic carbocycles. The Balaban J connectivity index is 2.78. The molecule has 0 fully saturated rings. The van der Waals surface area contributed by atoms with E-state index in [4.69, 9.17) is 0 Å². The molecule has 0 aromatic heterocycles. The van der Waals surface area contributed by atoms with Crippen LogP contribution in [0.15, 0.2) is 24.3 Å². The van der Waals surface area contributed by atoms with E-state index in [0.29, 0.717) is 5.69 Å². The van der Waals surface area contributed by atoms with Crippen molar-refractivity contribution in [2.45, 2.75) is 18.7 Å². The van der Waals surface area contributed by atoms with Crippen LogP contribution in [0, 0.1) is 16.0 Å². The van der Waals surface area contributed by atoms with Crippen LogP contribution in [0.2, 0.25) is 0 Å². The van der Waals surface area contributed by atoms with Crippen LogP contribution in [0.1, 0.15) is 13.8 Å². The van der Waals surface area contributed by atoms with Gasteiger partial charge in [-0.25, -0.2) is 0 Å². The summed E-state index contributed by atoms with van der Waals surface area (Å²) in [6.45, 7) is 3.82. The molecule has 0 saturated heterocycles. The van der Waals surface area contributed by atoms with Crippen LogP contribution in [0.4, 0.5) is 11.4 Å². The minimum absolute atomic E-state index is 0.0431. The number of anilines is 1. The van der Waals surface area contributed by atoms with E-state index in [0.717, 1.165) is 0 Å². The Bertz CT molecular complexity index is 434. The molecule has 17 heavy (non-hydrogen) atoms. The first-order valence-corrected chi connectivity index (χ1v) is 6.02. The maximum atomic E-state index is 11.7. The minimum Gasteiger partial charge on any atom is -0.325 e. The first kappa shape index (κ1) is 13.6. The summed E-state index contributed by atoms with van der Waals surface area (Å²) >= 11 is 3.27. The van der Waals surface area contributed by atoms with Gasteiger partial charge in [0.1, 0.15) is 0 Å². The molecular weight excluding hydrogens is 288 g/mol. The van der Waals surface area contributed by atoms with Crippen LogP contribution < -0.4 is 5.32 Å². The Morgan fingerprint density at radius 1 is 1.47 bits per heavy atom. The van der Waals surface area contributed by atoms with E-state index in [1.54, 1.807) is 6.07 Å². The highest BCUT2D eigenvalue weighted by atomic mass is 79.9. The largest absolute Gasteiger partial charge is 0.325 e. The molecule has 0 aliphatic rings. The second kappa shape index (κ2) is 5.77. The molecular formula is C11H13BrN2O3. The Kier molecular flexibility index (Phi) is 4.62. The zero-order valence-electron chi connectivity index (χ0n) is 9.51. The average molecular weight is 301 g/mol. The lowest BCUT2D eigenvalue weighted by Gasteiger charge is -2.13. The molecule has 6 heteroatoms. The SMILES string of the molecule is CC(C)C(Br)C(=O)Nc1cccc([N+](=O)[O-])c1. The predicted octanol–water partition coefficient (Wildman–Crippen LogP) is 2.95. The number of alkyl halides is 1. The first-order chi connectivity index (χ1) is 7.91. The standard InChI is InChI=1S/C11H13BrN2O3/c1-7(2)10(12)11(15)13-8-4-3-5-9(6-8)14(16)17/h3-7,10H,1-2H3,(H,13,15). The van der Waals surface area contributed by atoms with Gasteiger partial charge >= 0.3 is 0 Å². The fourth-order valence-corrected chi connectivity index (χ4v) is 1.33. The van der Waals surface area contributed by atoms with E-state index >= 15 is 0 Å². The number of nitro groups is 1. The highest BCUT2D eigenvalue weighted by Gasteiger charge is 2.19. The van der Waals surface area contributed by atoms with Crippen molar-refractivity contribution in [1.29, 1.82) is 0 Å². The number of nitrogens with one attached hydrogen (secondary N) is 1. The van der Waals surface area contributed by atoms with Crippen molar-refractivity contribution in [3.8, 4) is 0 Å². The summed E-state index contributed by atoms with van der Waals surface area (Å²) in [5.41, 5.74) is 0.382. The first-order valence-electron chi connectivity index (χ1n) is 5.11. The van der Waals surface area contributed by atoms with Crippen molar-refractivity contribution in [3.63, 3.8) is 0 Å². The Labute approximate surface area is 107 Å². The number of hydrogen-bond donors (Lipinski definition) is 1. The molecule has 0 spiro atoms. The number of carbonyl (C=O) groups excluding carboxylic acids is 1. The van der Waals surface area contributed by atoms with Crippen molar-refractivity contribution in [3.05, 3.63) is 34.4 Å². The number of benzene rings is 1. The summed E-state index contributed by atoms with van der Waals surface area (Å²) < 4.78 is 0. The number of nitrogens with zero attached hydrogens (tertiary/aromatic N) is 1. The molecule has 1 N–H and O–H groups in total. The van der Waals surface area contributed by atoms with Crippen LogP contribution >= 0.6 is 15.9 Å². The molecule has 1 amide bonds. The highest BCUT2D eigenvalue weighted by molar-refractivity contribution is 9.10. The fourth-order valence-electron chi connectivity index (χ4n) is 1.21. The summed E-state index contributed by atoms with van der Waals surface area (Å²) in [6, 6.07) is 5.86. The lowest BCUT2D eigenvalue weighted by molar-refractivity contribution is -0.384. The summed E-state index contributed by atoms with van der Waals surface area (Å²) in [7, 11) is 0. The molecule has 92 valence electrons. The third kappa shape index (κ3) is 3.81. The molecule has 1 atom stereocenters. The Hall–Kier alpha value is -1.43. The van der Waals surface area contributed by atoms with Crippen LogP contribution in [-0.2, 0) is 4.79 Å². The maximum absolute atomic E-state index is 11.7. The Morgan fingerprint density at radius 2 is 2.12 bits per heavy atom. The highest BCUT2D eigenvalue weighted by Crippen LogP contribution is 2.19. The van der Waals surface area contributed by atoms with E-state index in [1.165, 1.54) is 18.2 Å². The van der Waals surface area contributed by atoms with Gasteiger partial charge in [-0.2, -0.15) is 0 Å². The molecule has 0 bridgehead atoms. The van der Waals surface area contributed by atoms with Crippen LogP contribution in [0.5, 0.6) is 0 Å². The number of hydrogen-bond acceptors (Lipinski definition) is 3. The van der Waals surface area contributed by atoms with Crippen LogP contribution in [0.25, 0.3) is 0 Å². The normalized spacial score (nSPS) is 12.2. The number of nitro benzene ring substituents is 1. The van der Waals surface area contributed by atoms with E-state index in [1.807, 2.05) is 13.8 Å². The summed E-state index contributed by atoms with van der Waals surface area (Å²) in [4.78, 5) is 21.5. The quantitative estimate of drug-likeness (QED) is 0.528. The van der Waals surface area contributed by atoms with Crippen molar-refractivity contribution < 1.29 is 9.72 Å². The van der Waals surface area contributed by atoms with Crippen molar-refractivity contribution >= 4 is 33.2 Å². The van der Waals surface area contributed by atoms with Crippen molar-refractivity contribution in [2.75, 3.05) is 5.32 Å². The van der Waals surface area contributed by atoms with Crippen LogP contribution in [0.3, 0.4) is 0 Å². The van der Waals surface area contributed by atoms with Crippen molar-refractivity contribution in [1.82, 2.24) is 0 Å². The second-order valence-electron chi connectivity index (χ2n) is 3.94. The van der Waals surface area contributed by atoms with Gasteiger partial charge in [-0.1, -0.05) is 35.8 Å². The number of carbonyl (C=O) groups is 1. The molecule has 1 aromatic carbocycles. The molecule has 1 rings (SSSR count). The van der Waals surface area contributed by atoms with Gasteiger partial charge in [0, 0.05) is 17.8 Å². The maximum Gasteiger partial charge on any atom is 0.271 e. The average Bonchev–Trinajstić information content (AvgIpc) is 2.28. The molecule has 1 aromatic rings. The van der Waals surface area contributed by atoms with E-state index in [-0.39, 0.29) is 22.3 Å². The molecule has 0 radical (unpaired) electrons. The lowest BCUT2D eigenvalue weighted by Crippen LogP contribution is -2.26. The van der Waals surface area contributed by atoms with Gasteiger partial charge in [-0.3, -0.25) is 14.9 Å². The summed E-state index contributed by atoms with van der Waals surface area (Å²) in [6.07, 6.45) is 0. The predicted molar refractivity (Wildman–Crippen MR) is 69.3 cm³/mol. The molecule has 1 unspecified atom stereocenters. The number of halogens is 1. The molecule has 0 aliphatic heterocycles. The summed E-state index contributed by atoms with van der Waals surface area (Å²) in [5.74, 6) is -0.0609. The van der Waals surface area contributed by atoms with Gasteiger partial charge in [-0.15, -0.1) is 0 Å². The fraction of sp³-hybridized carbons (Fsp3) is 0.364. The van der Waals surface area contributed by atoms with Gasteiger partial charge in [0.25, 0.3) is 5.69 Å². The smallest absolute Gasteiger partial charge is 0.271 e. The topological polar surface area (TPSA) is 72.2 Å². The lowest BCUT2D eigenvalue weighted by atomic mass is 10.1. The van der Waals surface area contributed by atoms with E-state index < -0.39 is 4.92 Å². The number of amides is 1. The second-order valence-corrected chi connectivity index (χ2v) is 4.93. The van der Waals surface area contributed by atoms with Crippen LogP contribution in [-0.4, -0.2) is 15.7 Å². The molecule has 0 saturated carbocycles. The van der Waals surface area contributed by atoms with Crippen molar-refractivity contribution in [2.24, 2.45) is 5.92 Å². The van der Waals surface area contributed by atoms with Gasteiger partial charge in [0.05, 0.1) is 9.75 Å².